The zero-order valence-corrected chi connectivity index (χ0v) is 23.7. The summed E-state index contributed by atoms with van der Waals surface area (Å²) in [6.07, 6.45) is 6.25. The summed E-state index contributed by atoms with van der Waals surface area (Å²) < 4.78 is 48.4. The highest BCUT2D eigenvalue weighted by Crippen LogP contribution is 2.46. The molecule has 4 nitrogen and oxygen atoms in total. The van der Waals surface area contributed by atoms with Crippen molar-refractivity contribution in [2.45, 2.75) is 63.0 Å². The number of benzene rings is 3. The molecule has 1 fully saturated rings. The molecule has 0 radical (unpaired) electrons. The maximum Gasteiger partial charge on any atom is 0.249 e. The second-order valence-corrected chi connectivity index (χ2v) is 10.9. The monoisotopic (exact) mass is 576 g/mol. The van der Waals surface area contributed by atoms with Crippen LogP contribution in [-0.4, -0.2) is 25.1 Å². The van der Waals surface area contributed by atoms with E-state index in [-0.39, 0.29) is 27.6 Å². The molecule has 39 heavy (non-hydrogen) atoms. The molecule has 2 aliphatic carbocycles. The number of carbonyl (C=O) groups is 1. The van der Waals surface area contributed by atoms with Gasteiger partial charge in [0.05, 0.1) is 10.6 Å². The van der Waals surface area contributed by atoms with E-state index in [0.717, 1.165) is 17.7 Å². The van der Waals surface area contributed by atoms with Crippen molar-refractivity contribution in [2.75, 3.05) is 7.05 Å². The number of halogens is 4. The Bertz CT molecular complexity index is 1320. The molecule has 3 aromatic rings. The van der Waals surface area contributed by atoms with Crippen LogP contribution in [0.15, 0.2) is 48.5 Å². The molecule has 2 aliphatic rings. The predicted octanol–water partition coefficient (Wildman–Crippen LogP) is 7.31. The molecule has 0 aliphatic heterocycles. The Morgan fingerprint density at radius 3 is 2.36 bits per heavy atom. The van der Waals surface area contributed by atoms with Gasteiger partial charge in [-0.2, -0.15) is 4.39 Å². The number of nitrogens with two attached hydrogens (primary N) is 1. The van der Waals surface area contributed by atoms with Gasteiger partial charge in [-0.05, 0) is 73.5 Å². The van der Waals surface area contributed by atoms with Crippen molar-refractivity contribution in [3.63, 3.8) is 0 Å². The summed E-state index contributed by atoms with van der Waals surface area (Å²) in [5.74, 6) is -3.09. The number of alkyl halides is 1. The van der Waals surface area contributed by atoms with Crippen LogP contribution in [-0.2, 0) is 12.8 Å². The number of rotatable bonds is 6. The summed E-state index contributed by atoms with van der Waals surface area (Å²) in [4.78, 5) is 12.1. The lowest BCUT2D eigenvalue weighted by Gasteiger charge is -2.20. The van der Waals surface area contributed by atoms with Gasteiger partial charge in [-0.1, -0.05) is 70.4 Å². The number of nitrogens with one attached hydrogen (secondary N) is 1. The van der Waals surface area contributed by atoms with Crippen molar-refractivity contribution in [1.29, 1.82) is 0 Å². The normalized spacial score (nSPS) is 17.6. The Morgan fingerprint density at radius 1 is 1.08 bits per heavy atom. The second kappa shape index (κ2) is 13.2. The summed E-state index contributed by atoms with van der Waals surface area (Å²) in [6.45, 7) is 0. The largest absolute Gasteiger partial charge is 0.454 e. The minimum Gasteiger partial charge on any atom is -0.454 e. The van der Waals surface area contributed by atoms with E-state index < -0.39 is 29.4 Å². The highest BCUT2D eigenvalue weighted by Gasteiger charge is 2.32. The van der Waals surface area contributed by atoms with E-state index in [0.29, 0.717) is 24.0 Å². The first-order valence-corrected chi connectivity index (χ1v) is 14.2. The van der Waals surface area contributed by atoms with Crippen LogP contribution in [0.4, 0.5) is 13.2 Å². The lowest BCUT2D eigenvalue weighted by atomic mass is 9.91. The maximum absolute atomic E-state index is 15.4. The van der Waals surface area contributed by atoms with Crippen molar-refractivity contribution in [1.82, 2.24) is 5.32 Å². The number of hydrogen-bond donors (Lipinski definition) is 2. The molecule has 1 saturated carbocycles. The van der Waals surface area contributed by atoms with E-state index >= 15 is 4.39 Å². The molecule has 3 atom stereocenters. The molecule has 0 heterocycles. The molecule has 0 spiro atoms. The Labute approximate surface area is 234 Å². The minimum atomic E-state index is -1.88. The Morgan fingerprint density at radius 2 is 1.77 bits per heavy atom. The van der Waals surface area contributed by atoms with Crippen molar-refractivity contribution in [3.8, 4) is 16.9 Å². The van der Waals surface area contributed by atoms with Gasteiger partial charge in [0, 0.05) is 17.2 Å². The van der Waals surface area contributed by atoms with Gasteiger partial charge in [0.1, 0.15) is 5.82 Å². The fourth-order valence-electron chi connectivity index (χ4n) is 5.55. The molecule has 0 aromatic heterocycles. The van der Waals surface area contributed by atoms with Crippen LogP contribution in [0.2, 0.25) is 5.02 Å². The fraction of sp³-hybridized carbons (Fsp3) is 0.367. The van der Waals surface area contributed by atoms with Crippen molar-refractivity contribution < 1.29 is 22.7 Å². The van der Waals surface area contributed by atoms with E-state index in [1.54, 1.807) is 9.24 Å². The highest BCUT2D eigenvalue weighted by atomic mass is 35.5. The quantitative estimate of drug-likeness (QED) is 0.302. The third-order valence-electron chi connectivity index (χ3n) is 7.48. The van der Waals surface area contributed by atoms with Gasteiger partial charge in [0.2, 0.25) is 12.0 Å². The first-order chi connectivity index (χ1) is 18.7. The number of carbonyl (C=O) groups excluding carboxylic acids is 1. The van der Waals surface area contributed by atoms with E-state index in [4.69, 9.17) is 22.1 Å². The van der Waals surface area contributed by atoms with E-state index in [1.807, 2.05) is 30.3 Å². The van der Waals surface area contributed by atoms with E-state index in [1.165, 1.54) is 44.2 Å². The number of amides is 1. The third-order valence-corrected chi connectivity index (χ3v) is 7.99. The summed E-state index contributed by atoms with van der Waals surface area (Å²) >= 11 is 6.30. The van der Waals surface area contributed by atoms with Gasteiger partial charge < -0.3 is 15.8 Å². The molecule has 3 N–H and O–H groups in total. The van der Waals surface area contributed by atoms with Gasteiger partial charge in [-0.25, -0.2) is 8.78 Å². The van der Waals surface area contributed by atoms with Crippen molar-refractivity contribution in [3.05, 3.63) is 87.4 Å². The van der Waals surface area contributed by atoms with Gasteiger partial charge in [0.15, 0.2) is 11.6 Å². The summed E-state index contributed by atoms with van der Waals surface area (Å²) in [6, 6.07) is 14.2. The van der Waals surface area contributed by atoms with Gasteiger partial charge in [-0.3, -0.25) is 4.79 Å². The lowest BCUT2D eigenvalue weighted by molar-refractivity contribution is 0.100. The smallest absolute Gasteiger partial charge is 0.249 e. The van der Waals surface area contributed by atoms with E-state index in [9.17, 15) is 13.6 Å². The van der Waals surface area contributed by atoms with Crippen LogP contribution < -0.4 is 15.8 Å². The van der Waals surface area contributed by atoms with Crippen LogP contribution in [0.25, 0.3) is 11.1 Å². The van der Waals surface area contributed by atoms with Crippen LogP contribution in [0.3, 0.4) is 0 Å². The molecule has 1 amide bonds. The number of ether oxygens (including phenoxy) is 1. The minimum absolute atomic E-state index is 0.0367. The summed E-state index contributed by atoms with van der Waals surface area (Å²) in [7, 11) is 3.81. The predicted molar refractivity (Wildman–Crippen MR) is 153 cm³/mol. The van der Waals surface area contributed by atoms with E-state index in [2.05, 4.69) is 12.4 Å². The molecular weight excluding hydrogens is 544 g/mol. The van der Waals surface area contributed by atoms with Crippen LogP contribution in [0.1, 0.15) is 65.1 Å². The Balaban J connectivity index is 0.000000379. The van der Waals surface area contributed by atoms with Crippen LogP contribution in [0, 0.1) is 11.6 Å². The second-order valence-electron chi connectivity index (χ2n) is 9.96. The van der Waals surface area contributed by atoms with Gasteiger partial charge >= 0.3 is 0 Å². The first-order valence-electron chi connectivity index (χ1n) is 13.1. The molecule has 9 heteroatoms. The Hall–Kier alpha value is -2.60. The average Bonchev–Trinajstić information content (AvgIpc) is 3.35. The number of hydrogen-bond acceptors (Lipinski definition) is 3. The molecule has 208 valence electrons. The highest BCUT2D eigenvalue weighted by molar-refractivity contribution is 7.16. The molecule has 5 rings (SSSR count). The lowest BCUT2D eigenvalue weighted by Crippen LogP contribution is -2.26. The summed E-state index contributed by atoms with van der Waals surface area (Å²) in [5.41, 5.74) is 7.38. The molecule has 3 aromatic carbocycles. The molecule has 3 unspecified atom stereocenters. The van der Waals surface area contributed by atoms with Crippen molar-refractivity contribution >= 4 is 26.7 Å². The molecular formula is C30H33ClF3N2O2P. The standard InChI is InChI=1S/C23H18ClF3NO2P.C7H15N/c24-20-16(25)10-13-8-12(11-4-2-1-3-5-11)9-15(13)18(20)19-14(22(28)29)6-7-17(21(19)26)30-23(27)31;1-8-7-5-3-2-4-6-7/h1-7,10,12,23H,8-9,31H2,(H2,28,29);7-8H,2-6H2,1H3. The van der Waals surface area contributed by atoms with Crippen LogP contribution in [0.5, 0.6) is 5.75 Å². The van der Waals surface area contributed by atoms with Crippen LogP contribution >= 0.6 is 20.8 Å². The molecule has 0 saturated heterocycles. The number of fused-ring (bicyclic) bond motifs is 1. The summed E-state index contributed by atoms with van der Waals surface area (Å²) in [5, 5.41) is 2.98. The zero-order valence-electron chi connectivity index (χ0n) is 21.8. The SMILES string of the molecule is CNC1CCCCC1.NC(=O)c1ccc(OC(F)P)c(F)c1-c1c(Cl)c(F)cc2c1CC(c1ccccc1)C2. The van der Waals surface area contributed by atoms with Crippen molar-refractivity contribution in [2.24, 2.45) is 5.73 Å². The number of primary amides is 1. The Kier molecular flexibility index (Phi) is 9.92. The molecule has 0 bridgehead atoms. The third kappa shape index (κ3) is 6.77. The topological polar surface area (TPSA) is 64.3 Å². The fourth-order valence-corrected chi connectivity index (χ4v) is 5.96. The van der Waals surface area contributed by atoms with Gasteiger partial charge in [0.25, 0.3) is 0 Å². The first kappa shape index (κ1) is 29.4. The zero-order chi connectivity index (χ0) is 28.1. The van der Waals surface area contributed by atoms with Gasteiger partial charge in [-0.15, -0.1) is 0 Å². The maximum atomic E-state index is 15.4. The average molecular weight is 577 g/mol.